The van der Waals surface area contributed by atoms with E-state index in [1.54, 1.807) is 0 Å². The highest BCUT2D eigenvalue weighted by Gasteiger charge is 2.16. The van der Waals surface area contributed by atoms with Crippen LogP contribution in [0.1, 0.15) is 267 Å². The summed E-state index contributed by atoms with van der Waals surface area (Å²) >= 11 is 0. The molecule has 0 aromatic rings. The third-order valence-electron chi connectivity index (χ3n) is 12.1. The lowest BCUT2D eigenvalue weighted by atomic mass is 9.93. The van der Waals surface area contributed by atoms with Gasteiger partial charge in [0.15, 0.2) is 0 Å². The molecule has 0 aromatic heterocycles. The van der Waals surface area contributed by atoms with Crippen molar-refractivity contribution >= 4 is 17.8 Å². The van der Waals surface area contributed by atoms with Crippen LogP contribution in [-0.2, 0) is 28.6 Å². The molecule has 362 valence electrons. The van der Waals surface area contributed by atoms with E-state index >= 15 is 0 Å². The molecule has 0 atom stereocenters. The molecule has 0 radical (unpaired) electrons. The van der Waals surface area contributed by atoms with Crippen LogP contribution >= 0.6 is 0 Å². The lowest BCUT2D eigenvalue weighted by Crippen LogP contribution is -2.34. The van der Waals surface area contributed by atoms with Gasteiger partial charge in [-0.1, -0.05) is 169 Å². The van der Waals surface area contributed by atoms with Crippen molar-refractivity contribution in [2.75, 3.05) is 39.4 Å². The SMILES string of the molecule is CCCCCCCCC(CCCCCCCC)OC(=O)CCCCCCCN(CCCCCCCC(=O)OCCC(CCCC)CCCC)CCCNC(=O)COC(C)(C)C. The van der Waals surface area contributed by atoms with Gasteiger partial charge in [-0.15, -0.1) is 0 Å². The van der Waals surface area contributed by atoms with Gasteiger partial charge >= 0.3 is 11.9 Å². The highest BCUT2D eigenvalue weighted by Crippen LogP contribution is 2.21. The van der Waals surface area contributed by atoms with Crippen molar-refractivity contribution in [3.05, 3.63) is 0 Å². The summed E-state index contributed by atoms with van der Waals surface area (Å²) in [6.45, 7) is 19.3. The molecule has 0 aromatic carbocycles. The lowest BCUT2D eigenvalue weighted by Gasteiger charge is -2.23. The third kappa shape index (κ3) is 43.4. The van der Waals surface area contributed by atoms with Gasteiger partial charge in [-0.05, 0) is 111 Å². The number of hydrogen-bond acceptors (Lipinski definition) is 7. The molecular weight excluding hydrogens is 761 g/mol. The number of carbonyl (C=O) groups is 3. The topological polar surface area (TPSA) is 94.2 Å². The molecule has 0 heterocycles. The van der Waals surface area contributed by atoms with Gasteiger partial charge in [-0.25, -0.2) is 0 Å². The van der Waals surface area contributed by atoms with Crippen LogP contribution in [0.2, 0.25) is 0 Å². The first-order chi connectivity index (χ1) is 29.5. The van der Waals surface area contributed by atoms with E-state index in [1.165, 1.54) is 122 Å². The summed E-state index contributed by atoms with van der Waals surface area (Å²) in [6, 6.07) is 0. The number of esters is 2. The molecule has 0 spiro atoms. The predicted molar refractivity (Wildman–Crippen MR) is 259 cm³/mol. The average molecular weight is 865 g/mol. The quantitative estimate of drug-likeness (QED) is 0.0481. The lowest BCUT2D eigenvalue weighted by molar-refractivity contribution is -0.150. The van der Waals surface area contributed by atoms with Crippen molar-refractivity contribution in [1.82, 2.24) is 10.2 Å². The molecule has 0 aliphatic carbocycles. The summed E-state index contributed by atoms with van der Waals surface area (Å²) in [5.41, 5.74) is -0.324. The zero-order valence-electron chi connectivity index (χ0n) is 41.8. The minimum Gasteiger partial charge on any atom is -0.466 e. The number of nitrogens with zero attached hydrogens (tertiary/aromatic N) is 1. The molecule has 0 aliphatic heterocycles. The summed E-state index contributed by atoms with van der Waals surface area (Å²) in [5.74, 6) is 0.621. The summed E-state index contributed by atoms with van der Waals surface area (Å²) in [4.78, 5) is 40.1. The van der Waals surface area contributed by atoms with Gasteiger partial charge in [0.2, 0.25) is 5.91 Å². The van der Waals surface area contributed by atoms with E-state index in [0.717, 1.165) is 103 Å². The fourth-order valence-corrected chi connectivity index (χ4v) is 8.11. The monoisotopic (exact) mass is 865 g/mol. The molecule has 0 rings (SSSR count). The Morgan fingerprint density at radius 3 is 1.44 bits per heavy atom. The van der Waals surface area contributed by atoms with Crippen molar-refractivity contribution in [3.63, 3.8) is 0 Å². The normalized spacial score (nSPS) is 11.9. The van der Waals surface area contributed by atoms with E-state index in [-0.39, 0.29) is 36.2 Å². The number of amides is 1. The van der Waals surface area contributed by atoms with E-state index in [1.807, 2.05) is 20.8 Å². The highest BCUT2D eigenvalue weighted by molar-refractivity contribution is 5.77. The van der Waals surface area contributed by atoms with E-state index < -0.39 is 0 Å². The molecule has 0 fully saturated rings. The minimum atomic E-state index is -0.324. The molecule has 0 bridgehead atoms. The van der Waals surface area contributed by atoms with Crippen molar-refractivity contribution in [1.29, 1.82) is 0 Å². The van der Waals surface area contributed by atoms with Crippen LogP contribution in [0.4, 0.5) is 0 Å². The minimum absolute atomic E-state index is 0.00848. The van der Waals surface area contributed by atoms with Gasteiger partial charge in [0.05, 0.1) is 12.2 Å². The molecule has 0 aliphatic rings. The largest absolute Gasteiger partial charge is 0.466 e. The third-order valence-corrected chi connectivity index (χ3v) is 12.1. The Morgan fingerprint density at radius 1 is 0.492 bits per heavy atom. The first-order valence-corrected chi connectivity index (χ1v) is 26.5. The molecule has 0 saturated heterocycles. The van der Waals surface area contributed by atoms with Gasteiger partial charge in [0, 0.05) is 19.4 Å². The standard InChI is InChI=1S/C53H104N2O6/c1-8-12-16-18-22-28-37-49(38-29-23-19-17-13-9-2)61-52(58)40-31-25-21-27-33-44-55(45-34-42-54-50(56)47-60-53(5,6)7)43-32-26-20-24-30-39-51(57)59-46-41-48(35-14-10-3)36-15-11-4/h48-49H,8-47H2,1-7H3,(H,54,56). The Morgan fingerprint density at radius 2 is 0.934 bits per heavy atom. The second-order valence-corrected chi connectivity index (χ2v) is 19.4. The maximum atomic E-state index is 12.9. The summed E-state index contributed by atoms with van der Waals surface area (Å²) < 4.78 is 17.3. The molecule has 61 heavy (non-hydrogen) atoms. The smallest absolute Gasteiger partial charge is 0.306 e. The molecule has 0 unspecified atom stereocenters. The molecule has 1 amide bonds. The molecular formula is C53H104N2O6. The van der Waals surface area contributed by atoms with E-state index in [4.69, 9.17) is 14.2 Å². The first-order valence-electron chi connectivity index (χ1n) is 26.5. The molecule has 0 saturated carbocycles. The van der Waals surface area contributed by atoms with Crippen LogP contribution < -0.4 is 5.32 Å². The van der Waals surface area contributed by atoms with Crippen LogP contribution in [0.25, 0.3) is 0 Å². The average Bonchev–Trinajstić information content (AvgIpc) is 3.23. The highest BCUT2D eigenvalue weighted by atomic mass is 16.5. The van der Waals surface area contributed by atoms with E-state index in [0.29, 0.717) is 31.9 Å². The number of hydrogen-bond donors (Lipinski definition) is 1. The Labute approximate surface area is 379 Å². The predicted octanol–water partition coefficient (Wildman–Crippen LogP) is 14.6. The summed E-state index contributed by atoms with van der Waals surface area (Å²) in [6.07, 6.45) is 38.9. The zero-order chi connectivity index (χ0) is 45.1. The molecule has 8 heteroatoms. The van der Waals surface area contributed by atoms with Crippen LogP contribution in [0.15, 0.2) is 0 Å². The van der Waals surface area contributed by atoms with Gasteiger partial charge in [-0.2, -0.15) is 0 Å². The maximum absolute atomic E-state index is 12.9. The van der Waals surface area contributed by atoms with Crippen LogP contribution in [0.3, 0.4) is 0 Å². The number of ether oxygens (including phenoxy) is 3. The summed E-state index contributed by atoms with van der Waals surface area (Å²) in [7, 11) is 0. The number of carbonyl (C=O) groups excluding carboxylic acids is 3. The molecule has 8 nitrogen and oxygen atoms in total. The van der Waals surface area contributed by atoms with Crippen molar-refractivity contribution in [2.24, 2.45) is 5.92 Å². The van der Waals surface area contributed by atoms with Crippen molar-refractivity contribution in [3.8, 4) is 0 Å². The van der Waals surface area contributed by atoms with Crippen LogP contribution in [0.5, 0.6) is 0 Å². The van der Waals surface area contributed by atoms with E-state index in [2.05, 4.69) is 37.9 Å². The Hall–Kier alpha value is -1.67. The Bertz CT molecular complexity index is 960. The second-order valence-electron chi connectivity index (χ2n) is 19.4. The van der Waals surface area contributed by atoms with Crippen LogP contribution in [-0.4, -0.2) is 73.8 Å². The van der Waals surface area contributed by atoms with Crippen molar-refractivity contribution < 1.29 is 28.6 Å². The first kappa shape index (κ1) is 59.3. The van der Waals surface area contributed by atoms with Crippen LogP contribution in [0, 0.1) is 5.92 Å². The number of unbranched alkanes of at least 4 members (excludes halogenated alkanes) is 20. The van der Waals surface area contributed by atoms with Gasteiger partial charge < -0.3 is 24.4 Å². The van der Waals surface area contributed by atoms with Crippen molar-refractivity contribution in [2.45, 2.75) is 278 Å². The zero-order valence-corrected chi connectivity index (χ0v) is 41.8. The second kappa shape index (κ2) is 43.6. The van der Waals surface area contributed by atoms with E-state index in [9.17, 15) is 14.4 Å². The van der Waals surface area contributed by atoms with Gasteiger partial charge in [-0.3, -0.25) is 14.4 Å². The maximum Gasteiger partial charge on any atom is 0.306 e. The van der Waals surface area contributed by atoms with Gasteiger partial charge in [0.1, 0.15) is 12.7 Å². The number of rotatable bonds is 46. The fourth-order valence-electron chi connectivity index (χ4n) is 8.11. The number of nitrogens with one attached hydrogen (secondary N) is 1. The Balaban J connectivity index is 4.58. The molecule has 1 N–H and O–H groups in total. The summed E-state index contributed by atoms with van der Waals surface area (Å²) in [5, 5.41) is 3.03. The fraction of sp³-hybridized carbons (Fsp3) is 0.943. The Kier molecular flexibility index (Phi) is 42.4. The van der Waals surface area contributed by atoms with Gasteiger partial charge in [0.25, 0.3) is 0 Å².